The summed E-state index contributed by atoms with van der Waals surface area (Å²) in [6.07, 6.45) is 12.0. The molecule has 0 fully saturated rings. The van der Waals surface area contributed by atoms with Crippen LogP contribution in [0.15, 0.2) is 12.2 Å². The highest BCUT2D eigenvalue weighted by Crippen LogP contribution is 2.18. The normalized spacial score (nSPS) is 14.9. The number of anilines is 2. The van der Waals surface area contributed by atoms with Crippen LogP contribution in [-0.4, -0.2) is 0 Å². The van der Waals surface area contributed by atoms with Crippen LogP contribution in [0, 0.1) is 0 Å². The molecule has 0 bridgehead atoms. The Balaban J connectivity index is 2.61. The third-order valence-corrected chi connectivity index (χ3v) is 2.79. The number of hydrogen-bond donors (Lipinski definition) is 2. The van der Waals surface area contributed by atoms with Gasteiger partial charge in [-0.2, -0.15) is 0 Å². The second kappa shape index (κ2) is 2.29. The molecule has 14 heavy (non-hydrogen) atoms. The van der Waals surface area contributed by atoms with E-state index in [2.05, 4.69) is 0 Å². The van der Waals surface area contributed by atoms with Gasteiger partial charge in [0.25, 0.3) is 0 Å². The maximum Gasteiger partial charge on any atom is 0.0474 e. The van der Waals surface area contributed by atoms with E-state index in [0.29, 0.717) is 0 Å². The molecule has 0 amide bonds. The second-order valence-corrected chi connectivity index (χ2v) is 3.53. The first-order valence-electron chi connectivity index (χ1n) is 4.57. The largest absolute Gasteiger partial charge is 0.398 e. The fourth-order valence-corrected chi connectivity index (χ4v) is 2.07. The lowest BCUT2D eigenvalue weighted by atomic mass is 10.0. The SMILES string of the molecule is Nc1c2c(c(N)c3c1=CC=C3)=CC=C2. The number of allylic oxidation sites excluding steroid dienone is 2. The van der Waals surface area contributed by atoms with Crippen LogP contribution in [0.25, 0.3) is 24.3 Å². The monoisotopic (exact) mass is 182 g/mol. The van der Waals surface area contributed by atoms with Crippen LogP contribution in [0.5, 0.6) is 0 Å². The Hall–Kier alpha value is -1.96. The standard InChI is InChI=1S/C12H10N2/c13-11-7-3-1-4-8(7)12(14)10-6-2-5-9(10)11/h1-6H,13-14H2. The molecule has 2 aliphatic carbocycles. The van der Waals surface area contributed by atoms with Crippen molar-refractivity contribution >= 4 is 35.7 Å². The summed E-state index contributed by atoms with van der Waals surface area (Å²) in [6, 6.07) is 0. The van der Waals surface area contributed by atoms with Crippen molar-refractivity contribution in [2.24, 2.45) is 0 Å². The summed E-state index contributed by atoms with van der Waals surface area (Å²) in [5.74, 6) is 0. The van der Waals surface area contributed by atoms with Crippen LogP contribution in [0.2, 0.25) is 0 Å². The van der Waals surface area contributed by atoms with Crippen molar-refractivity contribution in [3.63, 3.8) is 0 Å². The fourth-order valence-electron chi connectivity index (χ4n) is 2.07. The van der Waals surface area contributed by atoms with Gasteiger partial charge in [-0.15, -0.1) is 0 Å². The minimum atomic E-state index is 0.833. The Labute approximate surface area is 81.5 Å². The summed E-state index contributed by atoms with van der Waals surface area (Å²) in [7, 11) is 0. The van der Waals surface area contributed by atoms with Crippen LogP contribution in [0.3, 0.4) is 0 Å². The molecule has 2 heteroatoms. The van der Waals surface area contributed by atoms with Crippen molar-refractivity contribution in [1.82, 2.24) is 0 Å². The first-order chi connectivity index (χ1) is 6.79. The van der Waals surface area contributed by atoms with E-state index in [1.54, 1.807) is 0 Å². The Kier molecular flexibility index (Phi) is 1.22. The summed E-state index contributed by atoms with van der Waals surface area (Å²) in [6.45, 7) is 0. The average Bonchev–Trinajstić information content (AvgIpc) is 2.82. The van der Waals surface area contributed by atoms with E-state index in [0.717, 1.165) is 32.9 Å². The van der Waals surface area contributed by atoms with Gasteiger partial charge in [-0.3, -0.25) is 0 Å². The highest BCUT2D eigenvalue weighted by Gasteiger charge is 2.12. The molecule has 0 heterocycles. The lowest BCUT2D eigenvalue weighted by Gasteiger charge is -2.07. The molecule has 2 aliphatic rings. The van der Waals surface area contributed by atoms with Crippen molar-refractivity contribution in [3.8, 4) is 0 Å². The van der Waals surface area contributed by atoms with Crippen LogP contribution in [-0.2, 0) is 0 Å². The van der Waals surface area contributed by atoms with Gasteiger partial charge in [0.05, 0.1) is 0 Å². The third kappa shape index (κ3) is 0.708. The quantitative estimate of drug-likeness (QED) is 0.452. The third-order valence-electron chi connectivity index (χ3n) is 2.79. The summed E-state index contributed by atoms with van der Waals surface area (Å²) >= 11 is 0. The molecule has 2 nitrogen and oxygen atoms in total. The van der Waals surface area contributed by atoms with Crippen molar-refractivity contribution in [3.05, 3.63) is 33.7 Å². The Morgan fingerprint density at radius 3 is 1.57 bits per heavy atom. The van der Waals surface area contributed by atoms with Gasteiger partial charge < -0.3 is 11.5 Å². The lowest BCUT2D eigenvalue weighted by Crippen LogP contribution is -2.23. The summed E-state index contributed by atoms with van der Waals surface area (Å²) < 4.78 is 0. The molecule has 1 aromatic rings. The maximum absolute atomic E-state index is 6.06. The van der Waals surface area contributed by atoms with Gasteiger partial charge in [-0.1, -0.05) is 36.5 Å². The molecule has 4 N–H and O–H groups in total. The molecule has 0 unspecified atom stereocenters. The van der Waals surface area contributed by atoms with E-state index in [-0.39, 0.29) is 0 Å². The van der Waals surface area contributed by atoms with Crippen molar-refractivity contribution in [2.75, 3.05) is 11.5 Å². The fraction of sp³-hybridized carbons (Fsp3) is 0. The molecule has 0 aromatic heterocycles. The number of nitrogens with two attached hydrogens (primary N) is 2. The van der Waals surface area contributed by atoms with E-state index < -0.39 is 0 Å². The van der Waals surface area contributed by atoms with Crippen molar-refractivity contribution in [2.45, 2.75) is 0 Å². The van der Waals surface area contributed by atoms with E-state index in [1.165, 1.54) is 0 Å². The first kappa shape index (κ1) is 7.44. The molecule has 0 radical (unpaired) electrons. The zero-order valence-electron chi connectivity index (χ0n) is 7.62. The number of hydrogen-bond acceptors (Lipinski definition) is 2. The molecule has 68 valence electrons. The summed E-state index contributed by atoms with van der Waals surface area (Å²) in [5.41, 5.74) is 15.9. The second-order valence-electron chi connectivity index (χ2n) is 3.53. The zero-order valence-corrected chi connectivity index (χ0v) is 7.62. The smallest absolute Gasteiger partial charge is 0.0474 e. The minimum Gasteiger partial charge on any atom is -0.398 e. The lowest BCUT2D eigenvalue weighted by molar-refractivity contribution is 1.50. The molecule has 0 spiro atoms. The maximum atomic E-state index is 6.06. The topological polar surface area (TPSA) is 52.0 Å². The van der Waals surface area contributed by atoms with Crippen LogP contribution in [0.4, 0.5) is 11.4 Å². The van der Waals surface area contributed by atoms with Crippen LogP contribution in [0.1, 0.15) is 11.1 Å². The first-order valence-corrected chi connectivity index (χ1v) is 4.57. The molecule has 0 atom stereocenters. The molecule has 0 saturated carbocycles. The molecule has 0 aliphatic heterocycles. The van der Waals surface area contributed by atoms with E-state index in [1.807, 2.05) is 36.5 Å². The molecular formula is C12H10N2. The number of nitrogen functional groups attached to an aromatic ring is 2. The molecule has 3 rings (SSSR count). The Morgan fingerprint density at radius 1 is 0.714 bits per heavy atom. The van der Waals surface area contributed by atoms with Gasteiger partial charge in [-0.25, -0.2) is 0 Å². The number of benzene rings is 1. The van der Waals surface area contributed by atoms with Gasteiger partial charge >= 0.3 is 0 Å². The molecule has 0 saturated heterocycles. The van der Waals surface area contributed by atoms with E-state index >= 15 is 0 Å². The zero-order chi connectivity index (χ0) is 9.71. The predicted molar refractivity (Wildman–Crippen MR) is 61.5 cm³/mol. The number of rotatable bonds is 0. The number of fused-ring (bicyclic) bond motifs is 2. The van der Waals surface area contributed by atoms with Crippen molar-refractivity contribution < 1.29 is 0 Å². The van der Waals surface area contributed by atoms with E-state index in [9.17, 15) is 0 Å². The Bertz CT molecular complexity index is 549. The minimum absolute atomic E-state index is 0.833. The molecular weight excluding hydrogens is 172 g/mol. The van der Waals surface area contributed by atoms with Gasteiger partial charge in [-0.05, 0) is 0 Å². The van der Waals surface area contributed by atoms with Crippen LogP contribution >= 0.6 is 0 Å². The van der Waals surface area contributed by atoms with Crippen LogP contribution < -0.4 is 21.9 Å². The van der Waals surface area contributed by atoms with Gasteiger partial charge in [0.2, 0.25) is 0 Å². The highest BCUT2D eigenvalue weighted by molar-refractivity contribution is 5.87. The van der Waals surface area contributed by atoms with E-state index in [4.69, 9.17) is 11.5 Å². The average molecular weight is 182 g/mol. The van der Waals surface area contributed by atoms with Gasteiger partial charge in [0.15, 0.2) is 0 Å². The summed E-state index contributed by atoms with van der Waals surface area (Å²) in [4.78, 5) is 0. The van der Waals surface area contributed by atoms with Crippen molar-refractivity contribution in [1.29, 1.82) is 0 Å². The highest BCUT2D eigenvalue weighted by atomic mass is 14.6. The van der Waals surface area contributed by atoms with Gasteiger partial charge in [0, 0.05) is 32.9 Å². The predicted octanol–water partition coefficient (Wildman–Crippen LogP) is 0.466. The molecule has 1 aromatic carbocycles. The van der Waals surface area contributed by atoms with Gasteiger partial charge in [0.1, 0.15) is 0 Å². The Morgan fingerprint density at radius 2 is 1.14 bits per heavy atom. The summed E-state index contributed by atoms with van der Waals surface area (Å²) in [5, 5.41) is 2.11.